The summed E-state index contributed by atoms with van der Waals surface area (Å²) >= 11 is 0. The molecule has 0 aromatic rings. The van der Waals surface area contributed by atoms with Crippen molar-refractivity contribution in [1.82, 2.24) is 5.32 Å². The summed E-state index contributed by atoms with van der Waals surface area (Å²) in [5.74, 6) is 0.714. The molecule has 0 aliphatic heterocycles. The molecule has 0 aromatic heterocycles. The molecule has 0 radical (unpaired) electrons. The van der Waals surface area contributed by atoms with E-state index in [2.05, 4.69) is 12.2 Å². The molecule has 4 atom stereocenters. The highest BCUT2D eigenvalue weighted by Gasteiger charge is 2.63. The number of carbonyl (C=O) groups is 1. The number of amides is 1. The van der Waals surface area contributed by atoms with Crippen molar-refractivity contribution < 1.29 is 9.53 Å². The number of rotatable bonds is 4. The van der Waals surface area contributed by atoms with Crippen molar-refractivity contribution >= 4 is 18.3 Å². The van der Waals surface area contributed by atoms with Gasteiger partial charge in [-0.25, -0.2) is 0 Å². The predicted octanol–water partition coefficient (Wildman–Crippen LogP) is 2.64. The molecule has 5 heteroatoms. The zero-order valence-corrected chi connectivity index (χ0v) is 14.6. The van der Waals surface area contributed by atoms with E-state index in [4.69, 9.17) is 10.5 Å². The lowest BCUT2D eigenvalue weighted by Gasteiger charge is -2.57. The first-order valence-corrected chi connectivity index (χ1v) is 8.02. The van der Waals surface area contributed by atoms with Gasteiger partial charge >= 0.3 is 0 Å². The summed E-state index contributed by atoms with van der Waals surface area (Å²) in [4.78, 5) is 12.6. The van der Waals surface area contributed by atoms with E-state index in [1.54, 1.807) is 0 Å². The zero-order valence-electron chi connectivity index (χ0n) is 13.8. The normalized spacial score (nSPS) is 38.0. The van der Waals surface area contributed by atoms with Gasteiger partial charge in [-0.3, -0.25) is 4.79 Å². The highest BCUT2D eigenvalue weighted by molar-refractivity contribution is 5.89. The lowest BCUT2D eigenvalue weighted by Crippen LogP contribution is -2.76. The third-order valence-corrected chi connectivity index (χ3v) is 5.51. The number of ether oxygens (including phenoxy) is 1. The Morgan fingerprint density at radius 2 is 2.05 bits per heavy atom. The minimum Gasteiger partial charge on any atom is -0.378 e. The van der Waals surface area contributed by atoms with Crippen molar-refractivity contribution in [2.75, 3.05) is 6.61 Å². The van der Waals surface area contributed by atoms with Crippen molar-refractivity contribution in [2.24, 2.45) is 17.1 Å². The number of hydrogen-bond acceptors (Lipinski definition) is 3. The average molecular weight is 319 g/mol. The van der Waals surface area contributed by atoms with Crippen LogP contribution in [0.5, 0.6) is 0 Å². The summed E-state index contributed by atoms with van der Waals surface area (Å²) in [6, 6.07) is 0.300. The molecule has 2 aliphatic rings. The molecule has 1 amide bonds. The molecule has 2 fully saturated rings. The SMILES string of the molecule is CCOC1CC(N)(C(=O)NC2CCCC(C)C2)C1(C)C.Cl. The van der Waals surface area contributed by atoms with Crippen molar-refractivity contribution in [3.8, 4) is 0 Å². The van der Waals surface area contributed by atoms with Gasteiger partial charge in [0.2, 0.25) is 5.91 Å². The van der Waals surface area contributed by atoms with Gasteiger partial charge in [0.25, 0.3) is 0 Å². The largest absolute Gasteiger partial charge is 0.378 e. The van der Waals surface area contributed by atoms with Gasteiger partial charge < -0.3 is 15.8 Å². The second-order valence-corrected chi connectivity index (χ2v) is 7.28. The smallest absolute Gasteiger partial charge is 0.241 e. The van der Waals surface area contributed by atoms with Gasteiger partial charge in [0.1, 0.15) is 5.54 Å². The number of carbonyl (C=O) groups excluding carboxylic acids is 1. The van der Waals surface area contributed by atoms with E-state index >= 15 is 0 Å². The second-order valence-electron chi connectivity index (χ2n) is 7.28. The van der Waals surface area contributed by atoms with E-state index < -0.39 is 5.54 Å². The predicted molar refractivity (Wildman–Crippen MR) is 87.5 cm³/mol. The molecule has 0 saturated heterocycles. The molecule has 2 rings (SSSR count). The van der Waals surface area contributed by atoms with Crippen LogP contribution in [0.25, 0.3) is 0 Å². The van der Waals surface area contributed by atoms with Gasteiger partial charge in [0, 0.05) is 24.5 Å². The Bertz CT molecular complexity index is 375. The molecule has 0 heterocycles. The van der Waals surface area contributed by atoms with E-state index in [9.17, 15) is 4.79 Å². The highest BCUT2D eigenvalue weighted by Crippen LogP contribution is 2.50. The molecule has 0 spiro atoms. The highest BCUT2D eigenvalue weighted by atomic mass is 35.5. The molecule has 3 N–H and O–H groups in total. The molecule has 0 aromatic carbocycles. The van der Waals surface area contributed by atoms with Gasteiger partial charge in [-0.05, 0) is 25.7 Å². The van der Waals surface area contributed by atoms with Crippen LogP contribution >= 0.6 is 12.4 Å². The molecule has 4 nitrogen and oxygen atoms in total. The summed E-state index contributed by atoms with van der Waals surface area (Å²) in [5, 5.41) is 3.19. The first-order valence-electron chi connectivity index (χ1n) is 8.02. The third-order valence-electron chi connectivity index (χ3n) is 5.51. The molecule has 4 unspecified atom stereocenters. The van der Waals surface area contributed by atoms with E-state index in [1.165, 1.54) is 12.8 Å². The number of hydrogen-bond donors (Lipinski definition) is 2. The molecule has 0 bridgehead atoms. The molecule has 2 saturated carbocycles. The summed E-state index contributed by atoms with van der Waals surface area (Å²) in [5.41, 5.74) is 5.32. The maximum Gasteiger partial charge on any atom is 0.241 e. The van der Waals surface area contributed by atoms with E-state index in [0.717, 1.165) is 12.8 Å². The van der Waals surface area contributed by atoms with Crippen molar-refractivity contribution in [3.63, 3.8) is 0 Å². The monoisotopic (exact) mass is 318 g/mol. The van der Waals surface area contributed by atoms with Gasteiger partial charge in [0.05, 0.1) is 6.10 Å². The van der Waals surface area contributed by atoms with Crippen LogP contribution < -0.4 is 11.1 Å². The number of nitrogens with one attached hydrogen (secondary N) is 1. The van der Waals surface area contributed by atoms with Crippen LogP contribution in [-0.4, -0.2) is 30.2 Å². The molecule has 21 heavy (non-hydrogen) atoms. The van der Waals surface area contributed by atoms with Crippen LogP contribution in [0.1, 0.15) is 59.8 Å². The number of nitrogens with two attached hydrogens (primary N) is 1. The van der Waals surface area contributed by atoms with Gasteiger partial charge in [-0.15, -0.1) is 12.4 Å². The second kappa shape index (κ2) is 6.84. The fourth-order valence-electron chi connectivity index (χ4n) is 3.70. The first kappa shape index (κ1) is 18.7. The third kappa shape index (κ3) is 3.38. The van der Waals surface area contributed by atoms with Crippen LogP contribution in [0.4, 0.5) is 0 Å². The van der Waals surface area contributed by atoms with Crippen molar-refractivity contribution in [2.45, 2.75) is 77.5 Å². The van der Waals surface area contributed by atoms with Gasteiger partial charge in [0.15, 0.2) is 0 Å². The molecular formula is C16H31ClN2O2. The first-order chi connectivity index (χ1) is 9.31. The standard InChI is InChI=1S/C16H30N2O2.ClH/c1-5-20-13-10-16(17,15(13,3)4)14(19)18-12-8-6-7-11(2)9-12;/h11-13H,5-10,17H2,1-4H3,(H,18,19);1H. The van der Waals surface area contributed by atoms with Crippen LogP contribution in [-0.2, 0) is 9.53 Å². The van der Waals surface area contributed by atoms with Crippen LogP contribution in [0.2, 0.25) is 0 Å². The summed E-state index contributed by atoms with van der Waals surface area (Å²) in [7, 11) is 0. The van der Waals surface area contributed by atoms with Crippen LogP contribution in [0.15, 0.2) is 0 Å². The van der Waals surface area contributed by atoms with Crippen molar-refractivity contribution in [1.29, 1.82) is 0 Å². The van der Waals surface area contributed by atoms with E-state index in [0.29, 0.717) is 25.0 Å². The quantitative estimate of drug-likeness (QED) is 0.837. The Hall–Kier alpha value is -0.320. The molecular weight excluding hydrogens is 288 g/mol. The van der Waals surface area contributed by atoms with Crippen molar-refractivity contribution in [3.05, 3.63) is 0 Å². The lowest BCUT2D eigenvalue weighted by atomic mass is 9.54. The minimum absolute atomic E-state index is 0. The van der Waals surface area contributed by atoms with E-state index in [-0.39, 0.29) is 29.8 Å². The molecule has 124 valence electrons. The maximum absolute atomic E-state index is 12.6. The Balaban J connectivity index is 0.00000220. The molecule has 2 aliphatic carbocycles. The van der Waals surface area contributed by atoms with E-state index in [1.807, 2.05) is 20.8 Å². The number of halogens is 1. The topological polar surface area (TPSA) is 64.3 Å². The van der Waals surface area contributed by atoms with Crippen LogP contribution in [0, 0.1) is 11.3 Å². The Labute approximate surface area is 135 Å². The Morgan fingerprint density at radius 1 is 1.38 bits per heavy atom. The Kier molecular flexibility index (Phi) is 6.10. The summed E-state index contributed by atoms with van der Waals surface area (Å²) < 4.78 is 5.69. The summed E-state index contributed by atoms with van der Waals surface area (Å²) in [6.45, 7) is 9.00. The van der Waals surface area contributed by atoms with Crippen LogP contribution in [0.3, 0.4) is 0 Å². The zero-order chi connectivity index (χ0) is 15.0. The lowest BCUT2D eigenvalue weighted by molar-refractivity contribution is -0.171. The van der Waals surface area contributed by atoms with Gasteiger partial charge in [-0.1, -0.05) is 33.6 Å². The maximum atomic E-state index is 12.6. The van der Waals surface area contributed by atoms with Gasteiger partial charge in [-0.2, -0.15) is 0 Å². The minimum atomic E-state index is -0.784. The Morgan fingerprint density at radius 3 is 2.57 bits per heavy atom. The fourth-order valence-corrected chi connectivity index (χ4v) is 3.70. The average Bonchev–Trinajstić information content (AvgIpc) is 2.38. The summed E-state index contributed by atoms with van der Waals surface area (Å²) in [6.07, 6.45) is 5.36. The fraction of sp³-hybridized carbons (Fsp3) is 0.938.